The van der Waals surface area contributed by atoms with Gasteiger partial charge in [0.2, 0.25) is 10.0 Å². The summed E-state index contributed by atoms with van der Waals surface area (Å²) in [6.07, 6.45) is -2.26. The lowest BCUT2D eigenvalue weighted by molar-refractivity contribution is -0.137. The van der Waals surface area contributed by atoms with Crippen molar-refractivity contribution >= 4 is 33.4 Å². The molecule has 1 aliphatic heterocycles. The minimum absolute atomic E-state index is 0.0628. The number of carbonyl (C=O) groups is 2. The molecule has 3 rings (SSSR count). The third kappa shape index (κ3) is 5.48. The van der Waals surface area contributed by atoms with Gasteiger partial charge in [0.15, 0.2) is 12.4 Å². The molecule has 0 bridgehead atoms. The van der Waals surface area contributed by atoms with E-state index in [-0.39, 0.29) is 21.0 Å². The van der Waals surface area contributed by atoms with Gasteiger partial charge in [-0.1, -0.05) is 30.2 Å². The van der Waals surface area contributed by atoms with Crippen LogP contribution in [0.3, 0.4) is 0 Å². The lowest BCUT2D eigenvalue weighted by atomic mass is 10.1. The van der Waals surface area contributed by atoms with Gasteiger partial charge in [-0.2, -0.15) is 17.5 Å². The fourth-order valence-corrected chi connectivity index (χ4v) is 5.26. The maximum absolute atomic E-state index is 12.9. The number of sulfonamides is 1. The first-order valence-electron chi connectivity index (χ1n) is 9.67. The number of halogens is 4. The zero-order valence-corrected chi connectivity index (χ0v) is 18.3. The Bertz CT molecular complexity index is 1130. The zero-order chi connectivity index (χ0) is 23.5. The first-order valence-corrected chi connectivity index (χ1v) is 11.5. The number of rotatable bonds is 6. The highest BCUT2D eigenvalue weighted by molar-refractivity contribution is 7.89. The van der Waals surface area contributed by atoms with Crippen LogP contribution in [0.4, 0.5) is 13.2 Å². The second-order valence-electron chi connectivity index (χ2n) is 7.19. The number of esters is 1. The molecule has 172 valence electrons. The van der Waals surface area contributed by atoms with Gasteiger partial charge in [-0.3, -0.25) is 4.79 Å². The van der Waals surface area contributed by atoms with Gasteiger partial charge in [-0.25, -0.2) is 13.2 Å². The lowest BCUT2D eigenvalue weighted by Gasteiger charge is -2.26. The molecule has 11 heteroatoms. The van der Waals surface area contributed by atoms with Crippen LogP contribution in [0, 0.1) is 0 Å². The molecule has 0 unspecified atom stereocenters. The van der Waals surface area contributed by atoms with Crippen molar-refractivity contribution in [3.63, 3.8) is 0 Å². The molecule has 0 saturated carbocycles. The topological polar surface area (TPSA) is 80.8 Å². The number of alkyl halides is 3. The van der Waals surface area contributed by atoms with E-state index in [2.05, 4.69) is 0 Å². The van der Waals surface area contributed by atoms with Gasteiger partial charge >= 0.3 is 12.1 Å². The zero-order valence-electron chi connectivity index (χ0n) is 16.7. The van der Waals surface area contributed by atoms with Crippen LogP contribution in [0.1, 0.15) is 45.5 Å². The normalized spacial score (nSPS) is 15.4. The van der Waals surface area contributed by atoms with E-state index >= 15 is 0 Å². The number of nitrogens with zero attached hydrogens (tertiary/aromatic N) is 1. The predicted octanol–water partition coefficient (Wildman–Crippen LogP) is 4.57. The average molecular weight is 490 g/mol. The first-order chi connectivity index (χ1) is 15.0. The Balaban J connectivity index is 1.73. The van der Waals surface area contributed by atoms with Gasteiger partial charge in [0.05, 0.1) is 16.1 Å². The van der Waals surface area contributed by atoms with E-state index < -0.39 is 40.1 Å². The predicted molar refractivity (Wildman–Crippen MR) is 110 cm³/mol. The fraction of sp³-hybridized carbons (Fsp3) is 0.333. The van der Waals surface area contributed by atoms with Crippen molar-refractivity contribution in [3.05, 3.63) is 64.2 Å². The number of carbonyl (C=O) groups excluding carboxylic acids is 2. The molecule has 0 amide bonds. The molecule has 0 N–H and O–H groups in total. The summed E-state index contributed by atoms with van der Waals surface area (Å²) >= 11 is 6.06. The van der Waals surface area contributed by atoms with Crippen LogP contribution in [0.2, 0.25) is 5.02 Å². The van der Waals surface area contributed by atoms with Gasteiger partial charge in [-0.15, -0.1) is 0 Å². The summed E-state index contributed by atoms with van der Waals surface area (Å²) in [5.41, 5.74) is -1.42. The van der Waals surface area contributed by atoms with Crippen LogP contribution in [0.25, 0.3) is 0 Å². The fourth-order valence-electron chi connectivity index (χ4n) is 3.24. The van der Waals surface area contributed by atoms with Crippen molar-refractivity contribution in [3.8, 4) is 0 Å². The highest BCUT2D eigenvalue weighted by Crippen LogP contribution is 2.30. The maximum Gasteiger partial charge on any atom is 0.416 e. The van der Waals surface area contributed by atoms with Crippen LogP contribution in [-0.2, 0) is 20.9 Å². The molecular formula is C21H19ClF3NO5S. The summed E-state index contributed by atoms with van der Waals surface area (Å²) < 4.78 is 70.4. The molecular weight excluding hydrogens is 471 g/mol. The Hall–Kier alpha value is -2.43. The van der Waals surface area contributed by atoms with Crippen LogP contribution < -0.4 is 0 Å². The van der Waals surface area contributed by atoms with E-state index in [1.54, 1.807) is 0 Å². The third-order valence-corrected chi connectivity index (χ3v) is 7.33. The molecule has 0 radical (unpaired) electrons. The summed E-state index contributed by atoms with van der Waals surface area (Å²) in [6, 6.07) is 7.30. The Kier molecular flexibility index (Phi) is 7.26. The maximum atomic E-state index is 12.9. The summed E-state index contributed by atoms with van der Waals surface area (Å²) in [5.74, 6) is -1.84. The molecule has 0 aromatic heterocycles. The largest absolute Gasteiger partial charge is 0.454 e. The number of hydrogen-bond acceptors (Lipinski definition) is 5. The highest BCUT2D eigenvalue weighted by Gasteiger charge is 2.31. The van der Waals surface area contributed by atoms with Gasteiger partial charge in [0.1, 0.15) is 4.90 Å². The van der Waals surface area contributed by atoms with E-state index in [9.17, 15) is 31.2 Å². The van der Waals surface area contributed by atoms with Gasteiger partial charge in [0.25, 0.3) is 0 Å². The monoisotopic (exact) mass is 489 g/mol. The smallest absolute Gasteiger partial charge is 0.416 e. The van der Waals surface area contributed by atoms with Crippen molar-refractivity contribution in [1.29, 1.82) is 0 Å². The number of ether oxygens (including phenoxy) is 1. The Labute approximate surface area is 188 Å². The summed E-state index contributed by atoms with van der Waals surface area (Å²) in [5, 5.41) is -0.0628. The summed E-state index contributed by atoms with van der Waals surface area (Å²) in [4.78, 5) is 24.3. The van der Waals surface area contributed by atoms with Crippen LogP contribution in [0.5, 0.6) is 0 Å². The molecule has 1 fully saturated rings. The van der Waals surface area contributed by atoms with Crippen LogP contribution in [0.15, 0.2) is 47.4 Å². The quantitative estimate of drug-likeness (QED) is 0.438. The number of ketones is 1. The molecule has 1 saturated heterocycles. The molecule has 1 aliphatic rings. The summed E-state index contributed by atoms with van der Waals surface area (Å²) in [6.45, 7) is -0.116. The van der Waals surface area contributed by atoms with Crippen molar-refractivity contribution in [2.75, 3.05) is 19.7 Å². The second-order valence-corrected chi connectivity index (χ2v) is 9.50. The van der Waals surface area contributed by atoms with Crippen LogP contribution in [-0.4, -0.2) is 44.2 Å². The minimum atomic E-state index is -4.62. The van der Waals surface area contributed by atoms with Gasteiger partial charge in [0, 0.05) is 18.7 Å². The van der Waals surface area contributed by atoms with E-state index in [0.29, 0.717) is 19.2 Å². The van der Waals surface area contributed by atoms with Crippen molar-refractivity contribution in [2.45, 2.75) is 30.3 Å². The van der Waals surface area contributed by atoms with E-state index in [4.69, 9.17) is 16.3 Å². The lowest BCUT2D eigenvalue weighted by Crippen LogP contribution is -2.35. The van der Waals surface area contributed by atoms with Crippen molar-refractivity contribution in [1.82, 2.24) is 4.31 Å². The summed E-state index contributed by atoms with van der Waals surface area (Å²) in [7, 11) is -3.92. The Morgan fingerprint density at radius 2 is 1.69 bits per heavy atom. The number of Topliss-reactive ketones (excluding diaryl/α,β-unsaturated/α-hetero) is 1. The number of hydrogen-bond donors (Lipinski definition) is 0. The van der Waals surface area contributed by atoms with E-state index in [1.165, 1.54) is 22.5 Å². The third-order valence-electron chi connectivity index (χ3n) is 4.95. The van der Waals surface area contributed by atoms with Gasteiger partial charge in [-0.05, 0) is 43.2 Å². The number of benzene rings is 2. The highest BCUT2D eigenvalue weighted by atomic mass is 35.5. The molecule has 2 aromatic carbocycles. The minimum Gasteiger partial charge on any atom is -0.454 e. The molecule has 6 nitrogen and oxygen atoms in total. The van der Waals surface area contributed by atoms with Crippen LogP contribution >= 0.6 is 11.6 Å². The standard InChI is InChI=1S/C21H19ClF3NO5S/c22-17-8-7-15(12-19(17)32(29,30)26-9-2-1-3-10-26)20(28)31-13-18(27)14-5-4-6-16(11-14)21(23,24)25/h4-8,11-12H,1-3,9-10,13H2. The molecule has 32 heavy (non-hydrogen) atoms. The van der Waals surface area contributed by atoms with E-state index in [1.807, 2.05) is 0 Å². The number of piperidine rings is 1. The Morgan fingerprint density at radius 3 is 2.34 bits per heavy atom. The second kappa shape index (κ2) is 9.60. The SMILES string of the molecule is O=C(COC(=O)c1ccc(Cl)c(S(=O)(=O)N2CCCCC2)c1)c1cccc(C(F)(F)F)c1. The molecule has 0 spiro atoms. The molecule has 0 aliphatic carbocycles. The molecule has 0 atom stereocenters. The average Bonchev–Trinajstić information content (AvgIpc) is 2.77. The first kappa shape index (κ1) is 24.2. The van der Waals surface area contributed by atoms with Crippen molar-refractivity contribution in [2.24, 2.45) is 0 Å². The molecule has 1 heterocycles. The molecule has 2 aromatic rings. The van der Waals surface area contributed by atoms with E-state index in [0.717, 1.165) is 37.5 Å². The van der Waals surface area contributed by atoms with Gasteiger partial charge < -0.3 is 4.74 Å². The Morgan fingerprint density at radius 1 is 1.00 bits per heavy atom. The van der Waals surface area contributed by atoms with Crippen molar-refractivity contribution < 1.29 is 35.9 Å².